The van der Waals surface area contributed by atoms with Gasteiger partial charge in [-0.05, 0) is 12.1 Å². The van der Waals surface area contributed by atoms with E-state index < -0.39 is 21.3 Å². The molecule has 8 heteroatoms. The minimum atomic E-state index is -4.26. The fourth-order valence-corrected chi connectivity index (χ4v) is 1.27. The van der Waals surface area contributed by atoms with Crippen LogP contribution in [0.3, 0.4) is 0 Å². The number of carbonyl (C=O) groups excluding carboxylic acids is 2. The summed E-state index contributed by atoms with van der Waals surface area (Å²) in [6, 6.07) is 7.61. The molecule has 16 heavy (non-hydrogen) atoms. The molecule has 6 nitrogen and oxygen atoms in total. The van der Waals surface area contributed by atoms with E-state index in [4.69, 9.17) is 10.7 Å². The van der Waals surface area contributed by atoms with E-state index in [0.29, 0.717) is 0 Å². The second-order valence-corrected chi connectivity index (χ2v) is 4.88. The van der Waals surface area contributed by atoms with Crippen molar-refractivity contribution >= 4 is 32.0 Å². The number of nitrogens with one attached hydrogen (secondary N) is 1. The highest BCUT2D eigenvalue weighted by Gasteiger charge is 2.16. The van der Waals surface area contributed by atoms with Crippen LogP contribution in [-0.4, -0.2) is 20.5 Å². The van der Waals surface area contributed by atoms with Gasteiger partial charge in [-0.15, -0.1) is 0 Å². The van der Waals surface area contributed by atoms with Gasteiger partial charge in [0, 0.05) is 10.7 Å². The Kier molecular flexibility index (Phi) is 3.86. The maximum atomic E-state index is 11.2. The van der Waals surface area contributed by atoms with Gasteiger partial charge in [0.05, 0.1) is 5.56 Å². The lowest BCUT2D eigenvalue weighted by molar-refractivity contribution is 0.0632. The summed E-state index contributed by atoms with van der Waals surface area (Å²) in [4.78, 5) is 22.0. The molecule has 1 amide bonds. The Morgan fingerprint density at radius 1 is 1.19 bits per heavy atom. The van der Waals surface area contributed by atoms with Gasteiger partial charge >= 0.3 is 21.3 Å². The number of halogens is 1. The number of hydrogen-bond acceptors (Lipinski definition) is 5. The molecule has 1 rings (SSSR count). The number of hydrogen-bond donors (Lipinski definition) is 1. The average Bonchev–Trinajstić information content (AvgIpc) is 2.16. The summed E-state index contributed by atoms with van der Waals surface area (Å²) in [5.74, 6) is -0.974. The number of benzene rings is 1. The van der Waals surface area contributed by atoms with Gasteiger partial charge in [-0.25, -0.2) is 14.3 Å². The van der Waals surface area contributed by atoms with Gasteiger partial charge in [0.25, 0.3) is 0 Å². The summed E-state index contributed by atoms with van der Waals surface area (Å²) < 4.78 is 26.2. The summed E-state index contributed by atoms with van der Waals surface area (Å²) in [6.07, 6.45) is -1.45. The molecule has 0 aliphatic carbocycles. The van der Waals surface area contributed by atoms with Crippen molar-refractivity contribution < 1.29 is 22.7 Å². The Bertz CT molecular complexity index is 498. The van der Waals surface area contributed by atoms with Crippen molar-refractivity contribution in [3.63, 3.8) is 0 Å². The third-order valence-corrected chi connectivity index (χ3v) is 2.04. The van der Waals surface area contributed by atoms with Gasteiger partial charge < -0.3 is 4.74 Å². The van der Waals surface area contributed by atoms with Crippen LogP contribution in [0.25, 0.3) is 0 Å². The van der Waals surface area contributed by atoms with Gasteiger partial charge in [0.1, 0.15) is 0 Å². The van der Waals surface area contributed by atoms with Crippen LogP contribution in [0.5, 0.6) is 0 Å². The summed E-state index contributed by atoms with van der Waals surface area (Å²) in [5, 5.41) is 0. The van der Waals surface area contributed by atoms with Crippen LogP contribution in [0.4, 0.5) is 4.79 Å². The largest absolute Gasteiger partial charge is 0.429 e. The Hall–Kier alpha value is -1.60. The van der Waals surface area contributed by atoms with E-state index in [1.54, 1.807) is 18.2 Å². The van der Waals surface area contributed by atoms with Gasteiger partial charge in [-0.2, -0.15) is 8.42 Å². The molecule has 0 fully saturated rings. The zero-order valence-electron chi connectivity index (χ0n) is 7.71. The maximum absolute atomic E-state index is 11.2. The third-order valence-electron chi connectivity index (χ3n) is 1.40. The first-order valence-electron chi connectivity index (χ1n) is 3.92. The SMILES string of the molecule is O=C(NS(=O)(=O)Cl)OC(=O)c1ccccc1. The Balaban J connectivity index is 2.63. The van der Waals surface area contributed by atoms with Crippen molar-refractivity contribution in [2.75, 3.05) is 0 Å². The lowest BCUT2D eigenvalue weighted by Gasteiger charge is -2.02. The van der Waals surface area contributed by atoms with E-state index in [2.05, 4.69) is 4.74 Å². The zero-order valence-corrected chi connectivity index (χ0v) is 9.29. The zero-order chi connectivity index (χ0) is 12.2. The standard InChI is InChI=1S/C8H6ClNO5S/c9-16(13,14)10-8(12)15-7(11)6-4-2-1-3-5-6/h1-5H,(H,10,12). The highest BCUT2D eigenvalue weighted by molar-refractivity contribution is 8.12. The van der Waals surface area contributed by atoms with Crippen molar-refractivity contribution in [2.45, 2.75) is 0 Å². The molecule has 1 N–H and O–H groups in total. The summed E-state index contributed by atoms with van der Waals surface area (Å²) in [5.41, 5.74) is 0.115. The van der Waals surface area contributed by atoms with Crippen LogP contribution >= 0.6 is 10.7 Å². The topological polar surface area (TPSA) is 89.5 Å². The van der Waals surface area contributed by atoms with Crippen LogP contribution in [0.15, 0.2) is 30.3 Å². The van der Waals surface area contributed by atoms with Crippen molar-refractivity contribution in [3.05, 3.63) is 35.9 Å². The minimum absolute atomic E-state index is 0.115. The number of esters is 1. The van der Waals surface area contributed by atoms with E-state index in [1.165, 1.54) is 16.9 Å². The second-order valence-electron chi connectivity index (χ2n) is 2.58. The number of rotatable bonds is 2. The van der Waals surface area contributed by atoms with Crippen LogP contribution in [0.2, 0.25) is 0 Å². The normalized spacial score (nSPS) is 10.6. The smallest absolute Gasteiger partial charge is 0.372 e. The average molecular weight is 264 g/mol. The highest BCUT2D eigenvalue weighted by Crippen LogP contribution is 2.01. The van der Waals surface area contributed by atoms with Crippen molar-refractivity contribution in [3.8, 4) is 0 Å². The molecule has 1 aromatic carbocycles. The van der Waals surface area contributed by atoms with E-state index in [-0.39, 0.29) is 5.56 Å². The molecule has 0 saturated carbocycles. The molecule has 0 atom stereocenters. The number of carbonyl (C=O) groups is 2. The molecule has 0 saturated heterocycles. The number of amides is 1. The van der Waals surface area contributed by atoms with Crippen LogP contribution in [-0.2, 0) is 14.0 Å². The first kappa shape index (κ1) is 12.5. The first-order valence-corrected chi connectivity index (χ1v) is 6.23. The van der Waals surface area contributed by atoms with Crippen molar-refractivity contribution in [1.29, 1.82) is 0 Å². The van der Waals surface area contributed by atoms with Gasteiger partial charge in [-0.3, -0.25) is 0 Å². The molecule has 0 radical (unpaired) electrons. The predicted octanol–water partition coefficient (Wildman–Crippen LogP) is 1.04. The molecule has 0 heterocycles. The fourth-order valence-electron chi connectivity index (χ4n) is 0.838. The molecule has 86 valence electrons. The third kappa shape index (κ3) is 4.28. The molecule has 0 bridgehead atoms. The van der Waals surface area contributed by atoms with Gasteiger partial charge in [-0.1, -0.05) is 18.2 Å². The monoisotopic (exact) mass is 263 g/mol. The van der Waals surface area contributed by atoms with E-state index >= 15 is 0 Å². The Morgan fingerprint density at radius 2 is 1.75 bits per heavy atom. The molecule has 0 unspecified atom stereocenters. The summed E-state index contributed by atoms with van der Waals surface area (Å²) in [7, 11) is 0.451. The van der Waals surface area contributed by atoms with E-state index in [0.717, 1.165) is 0 Å². The molecule has 0 aliphatic rings. The second kappa shape index (κ2) is 4.95. The molecular formula is C8H6ClNO5S. The van der Waals surface area contributed by atoms with E-state index in [1.807, 2.05) is 0 Å². The van der Waals surface area contributed by atoms with Crippen LogP contribution in [0, 0.1) is 0 Å². The maximum Gasteiger partial charge on any atom is 0.429 e. The summed E-state index contributed by atoms with van der Waals surface area (Å²) >= 11 is 0. The quantitative estimate of drug-likeness (QED) is 0.489. The van der Waals surface area contributed by atoms with Crippen molar-refractivity contribution in [1.82, 2.24) is 4.72 Å². The Labute approximate surface area is 95.7 Å². The molecule has 0 aliphatic heterocycles. The van der Waals surface area contributed by atoms with E-state index in [9.17, 15) is 18.0 Å². The lowest BCUT2D eigenvalue weighted by atomic mass is 10.2. The molecule has 0 aromatic heterocycles. The van der Waals surface area contributed by atoms with Crippen LogP contribution in [0.1, 0.15) is 10.4 Å². The first-order chi connectivity index (χ1) is 7.38. The van der Waals surface area contributed by atoms with Gasteiger partial charge in [0.15, 0.2) is 0 Å². The van der Waals surface area contributed by atoms with Gasteiger partial charge in [0.2, 0.25) is 0 Å². The molecule has 1 aromatic rings. The minimum Gasteiger partial charge on any atom is -0.372 e. The fraction of sp³-hybridized carbons (Fsp3) is 0. The number of ether oxygens (including phenoxy) is 1. The lowest BCUT2D eigenvalue weighted by Crippen LogP contribution is -2.29. The Morgan fingerprint density at radius 3 is 2.25 bits per heavy atom. The molecule has 0 spiro atoms. The van der Waals surface area contributed by atoms with Crippen LogP contribution < -0.4 is 4.72 Å². The highest BCUT2D eigenvalue weighted by atomic mass is 35.7. The predicted molar refractivity (Wildman–Crippen MR) is 55.2 cm³/mol. The molecular weight excluding hydrogens is 258 g/mol. The summed E-state index contributed by atoms with van der Waals surface area (Å²) in [6.45, 7) is 0. The van der Waals surface area contributed by atoms with Crippen molar-refractivity contribution in [2.24, 2.45) is 0 Å².